The van der Waals surface area contributed by atoms with Gasteiger partial charge in [0.2, 0.25) is 0 Å². The van der Waals surface area contributed by atoms with Crippen LogP contribution in [0.5, 0.6) is 0 Å². The molecule has 3 heterocycles. The van der Waals surface area contributed by atoms with E-state index in [2.05, 4.69) is 31.0 Å². The average molecular weight is 478 g/mol. The van der Waals surface area contributed by atoms with E-state index >= 15 is 0 Å². The summed E-state index contributed by atoms with van der Waals surface area (Å²) in [5, 5.41) is 0. The Hall–Kier alpha value is -2.08. The summed E-state index contributed by atoms with van der Waals surface area (Å²) in [6, 6.07) is 10.7. The molecule has 2 aliphatic heterocycles. The topological polar surface area (TPSA) is 43.9 Å². The summed E-state index contributed by atoms with van der Waals surface area (Å²) in [5.74, 6) is 0.0987. The predicted octanol–water partition coefficient (Wildman–Crippen LogP) is 6.65. The van der Waals surface area contributed by atoms with Gasteiger partial charge in [0.25, 0.3) is 0 Å². The summed E-state index contributed by atoms with van der Waals surface area (Å²) in [5.41, 5.74) is 2.76. The van der Waals surface area contributed by atoms with Gasteiger partial charge in [-0.05, 0) is 80.7 Å². The molecule has 2 aromatic rings. The number of pyridine rings is 1. The van der Waals surface area contributed by atoms with E-state index in [4.69, 9.17) is 14.2 Å². The third-order valence-electron chi connectivity index (χ3n) is 9.48. The van der Waals surface area contributed by atoms with Crippen molar-refractivity contribution in [2.45, 2.75) is 70.9 Å². The molecular weight excluding hydrogens is 441 g/mol. The molecule has 4 fully saturated rings. The van der Waals surface area contributed by atoms with Crippen molar-refractivity contribution < 1.29 is 18.6 Å². The summed E-state index contributed by atoms with van der Waals surface area (Å²) >= 11 is 0. The van der Waals surface area contributed by atoms with Gasteiger partial charge in [0.15, 0.2) is 5.79 Å². The number of aromatic nitrogens is 1. The predicted molar refractivity (Wildman–Crippen MR) is 134 cm³/mol. The van der Waals surface area contributed by atoms with Crippen molar-refractivity contribution in [1.29, 1.82) is 0 Å². The molecule has 1 aromatic heterocycles. The lowest BCUT2D eigenvalue weighted by Crippen LogP contribution is -2.64. The molecule has 2 aliphatic carbocycles. The number of halogens is 1. The van der Waals surface area contributed by atoms with E-state index in [9.17, 15) is 4.39 Å². The first-order valence-electron chi connectivity index (χ1n) is 13.0. The van der Waals surface area contributed by atoms with Crippen LogP contribution in [0.25, 0.3) is 17.2 Å². The summed E-state index contributed by atoms with van der Waals surface area (Å²) < 4.78 is 32.5. The number of ether oxygens (including phenoxy) is 3. The zero-order chi connectivity index (χ0) is 24.5. The highest BCUT2D eigenvalue weighted by Gasteiger charge is 2.68. The Balaban J connectivity index is 1.27. The van der Waals surface area contributed by atoms with E-state index in [-0.39, 0.29) is 28.4 Å². The number of rotatable bonds is 3. The molecule has 4 nitrogen and oxygen atoms in total. The number of hydrogen-bond acceptors (Lipinski definition) is 4. The molecule has 0 unspecified atom stereocenters. The minimum Gasteiger partial charge on any atom is -0.369 e. The van der Waals surface area contributed by atoms with Gasteiger partial charge in [-0.2, -0.15) is 0 Å². The van der Waals surface area contributed by atoms with Crippen LogP contribution in [0.1, 0.15) is 59.1 Å². The largest absolute Gasteiger partial charge is 0.369 e. The fraction of sp³-hybridized carbons (Fsp3) is 0.567. The van der Waals surface area contributed by atoms with E-state index in [1.54, 1.807) is 12.1 Å². The van der Waals surface area contributed by atoms with Crippen molar-refractivity contribution in [3.05, 3.63) is 60.2 Å². The quantitative estimate of drug-likeness (QED) is 0.464. The molecule has 186 valence electrons. The second-order valence-electron chi connectivity index (χ2n) is 12.1. The van der Waals surface area contributed by atoms with Crippen LogP contribution in [0.3, 0.4) is 0 Å². The van der Waals surface area contributed by atoms with Crippen LogP contribution < -0.4 is 0 Å². The SMILES string of the molecule is CC1(C)OC[C@@]2(C)[C@H]3CC[C@@]4(CO4)[C@@H](/C=C/c4ccc(-c5cccc(F)c5)cn4)[C@]3(C)CC[C@H]2O1. The molecule has 4 aliphatic rings. The minimum atomic E-state index is -0.504. The van der Waals surface area contributed by atoms with Gasteiger partial charge in [-0.1, -0.05) is 38.1 Å². The zero-order valence-electron chi connectivity index (χ0n) is 21.2. The fourth-order valence-electron chi connectivity index (χ4n) is 7.54. The number of nitrogens with zero attached hydrogens (tertiary/aromatic N) is 1. The van der Waals surface area contributed by atoms with Crippen molar-refractivity contribution in [3.63, 3.8) is 0 Å². The van der Waals surface area contributed by atoms with Gasteiger partial charge in [0, 0.05) is 23.1 Å². The maximum Gasteiger partial charge on any atom is 0.163 e. The van der Waals surface area contributed by atoms with E-state index in [1.807, 2.05) is 38.2 Å². The maximum absolute atomic E-state index is 13.6. The van der Waals surface area contributed by atoms with Crippen molar-refractivity contribution in [2.24, 2.45) is 22.7 Å². The normalized spacial score (nSPS) is 39.9. The first-order valence-corrected chi connectivity index (χ1v) is 13.0. The van der Waals surface area contributed by atoms with Gasteiger partial charge >= 0.3 is 0 Å². The Kier molecular flexibility index (Phi) is 5.30. The molecule has 35 heavy (non-hydrogen) atoms. The molecule has 2 saturated carbocycles. The Morgan fingerprint density at radius 3 is 2.49 bits per heavy atom. The monoisotopic (exact) mass is 477 g/mol. The summed E-state index contributed by atoms with van der Waals surface area (Å²) in [4.78, 5) is 4.67. The lowest BCUT2D eigenvalue weighted by Gasteiger charge is -2.63. The second kappa shape index (κ2) is 7.96. The molecule has 0 bridgehead atoms. The van der Waals surface area contributed by atoms with Gasteiger partial charge in [-0.25, -0.2) is 4.39 Å². The van der Waals surface area contributed by atoms with Crippen molar-refractivity contribution in [3.8, 4) is 11.1 Å². The second-order valence-corrected chi connectivity index (χ2v) is 12.1. The third-order valence-corrected chi connectivity index (χ3v) is 9.48. The van der Waals surface area contributed by atoms with Gasteiger partial charge in [0.05, 0.1) is 30.6 Å². The molecule has 1 aromatic carbocycles. The van der Waals surface area contributed by atoms with Crippen LogP contribution >= 0.6 is 0 Å². The van der Waals surface area contributed by atoms with Gasteiger partial charge in [-0.15, -0.1) is 0 Å². The number of fused-ring (bicyclic) bond motifs is 3. The molecule has 0 radical (unpaired) electrons. The highest BCUT2D eigenvalue weighted by atomic mass is 19.1. The highest BCUT2D eigenvalue weighted by molar-refractivity contribution is 5.63. The molecule has 5 heteroatoms. The van der Waals surface area contributed by atoms with Crippen LogP contribution in [0.15, 0.2) is 48.7 Å². The average Bonchev–Trinajstić information content (AvgIpc) is 3.59. The minimum absolute atomic E-state index is 0.00989. The Morgan fingerprint density at radius 2 is 1.77 bits per heavy atom. The van der Waals surface area contributed by atoms with Gasteiger partial charge < -0.3 is 14.2 Å². The summed E-state index contributed by atoms with van der Waals surface area (Å²) in [7, 11) is 0. The lowest BCUT2D eigenvalue weighted by molar-refractivity contribution is -0.346. The van der Waals surface area contributed by atoms with E-state index < -0.39 is 5.79 Å². The van der Waals surface area contributed by atoms with Gasteiger partial charge in [-0.3, -0.25) is 4.98 Å². The number of benzene rings is 1. The summed E-state index contributed by atoms with van der Waals surface area (Å²) in [6.07, 6.45) is 11.0. The molecule has 6 atom stereocenters. The Morgan fingerprint density at radius 1 is 0.943 bits per heavy atom. The smallest absolute Gasteiger partial charge is 0.163 e. The van der Waals surface area contributed by atoms with Crippen molar-refractivity contribution in [1.82, 2.24) is 4.98 Å². The first kappa shape index (κ1) is 23.3. The van der Waals surface area contributed by atoms with Crippen LogP contribution in [0.2, 0.25) is 0 Å². The van der Waals surface area contributed by atoms with Crippen molar-refractivity contribution in [2.75, 3.05) is 13.2 Å². The Bertz CT molecular complexity index is 1140. The first-order chi connectivity index (χ1) is 16.6. The number of epoxide rings is 1. The van der Waals surface area contributed by atoms with Crippen LogP contribution in [-0.2, 0) is 14.2 Å². The Labute approximate surface area is 207 Å². The van der Waals surface area contributed by atoms with Crippen LogP contribution in [0, 0.1) is 28.5 Å². The third kappa shape index (κ3) is 3.87. The van der Waals surface area contributed by atoms with E-state index in [1.165, 1.54) is 6.07 Å². The van der Waals surface area contributed by atoms with Gasteiger partial charge in [0.1, 0.15) is 5.82 Å². The lowest BCUT2D eigenvalue weighted by atomic mass is 9.45. The molecule has 1 spiro atoms. The molecule has 0 N–H and O–H groups in total. The van der Waals surface area contributed by atoms with E-state index in [0.717, 1.165) is 55.7 Å². The maximum atomic E-state index is 13.6. The number of hydrogen-bond donors (Lipinski definition) is 0. The van der Waals surface area contributed by atoms with Crippen molar-refractivity contribution >= 4 is 6.08 Å². The van der Waals surface area contributed by atoms with Crippen LogP contribution in [0.4, 0.5) is 4.39 Å². The molecular formula is C30H36FNO3. The molecule has 6 rings (SSSR count). The highest BCUT2D eigenvalue weighted by Crippen LogP contribution is 2.67. The van der Waals surface area contributed by atoms with E-state index in [0.29, 0.717) is 11.8 Å². The standard InChI is InChI=1S/C30H36FNO3/c1-27(2)33-18-29(4)24-12-15-30(19-34-30)25(28(24,3)14-13-26(29)35-27)11-10-23-9-8-21(17-32-23)20-6-5-7-22(31)16-20/h5-11,16-17,24-26H,12-15,18-19H2,1-4H3/b11-10+/t24-,25-,26+,28+,29-,30+/m0/s1. The fourth-order valence-corrected chi connectivity index (χ4v) is 7.54. The molecule has 0 amide bonds. The summed E-state index contributed by atoms with van der Waals surface area (Å²) in [6.45, 7) is 10.5. The molecule has 2 saturated heterocycles. The zero-order valence-corrected chi connectivity index (χ0v) is 21.2. The van der Waals surface area contributed by atoms with Crippen LogP contribution in [-0.4, -0.2) is 35.7 Å².